The summed E-state index contributed by atoms with van der Waals surface area (Å²) in [5.74, 6) is 5.93. The Morgan fingerprint density at radius 1 is 0.941 bits per heavy atom. The van der Waals surface area contributed by atoms with Gasteiger partial charge in [0.2, 0.25) is 8.32 Å². The van der Waals surface area contributed by atoms with E-state index in [1.165, 1.54) is 0 Å². The summed E-state index contributed by atoms with van der Waals surface area (Å²) in [5, 5.41) is 8.66. The maximum atomic E-state index is 8.66. The number of aliphatic hydroxyl groups excluding tert-OH is 1. The minimum Gasteiger partial charge on any atom is -0.405 e. The smallest absolute Gasteiger partial charge is 0.201 e. The lowest BCUT2D eigenvalue weighted by Crippen LogP contribution is -2.47. The van der Waals surface area contributed by atoms with Gasteiger partial charge >= 0.3 is 0 Å². The molecular formula is C14H28O2Si. The van der Waals surface area contributed by atoms with Crippen molar-refractivity contribution in [2.24, 2.45) is 0 Å². The molecule has 0 aliphatic heterocycles. The lowest BCUT2D eigenvalue weighted by Gasteiger charge is -2.41. The maximum Gasteiger partial charge on any atom is 0.201 e. The zero-order chi connectivity index (χ0) is 13.5. The minimum absolute atomic E-state index is 0.133. The average molecular weight is 256 g/mol. The molecule has 2 nitrogen and oxygen atoms in total. The Morgan fingerprint density at radius 2 is 1.41 bits per heavy atom. The van der Waals surface area contributed by atoms with Gasteiger partial charge < -0.3 is 9.53 Å². The third-order valence-corrected chi connectivity index (χ3v) is 9.52. The van der Waals surface area contributed by atoms with E-state index >= 15 is 0 Å². The number of hydrogen-bond acceptors (Lipinski definition) is 2. The van der Waals surface area contributed by atoms with E-state index < -0.39 is 8.32 Å². The van der Waals surface area contributed by atoms with Gasteiger partial charge in [-0.3, -0.25) is 0 Å². The SMILES string of the molecule is CC(C)[Si](OCC#CCCO)(C(C)C)C(C)C. The Morgan fingerprint density at radius 3 is 1.76 bits per heavy atom. The molecule has 0 saturated heterocycles. The van der Waals surface area contributed by atoms with Crippen LogP contribution in [-0.4, -0.2) is 26.6 Å². The number of rotatable bonds is 6. The van der Waals surface area contributed by atoms with Crippen molar-refractivity contribution < 1.29 is 9.53 Å². The van der Waals surface area contributed by atoms with Gasteiger partial charge in [0.25, 0.3) is 0 Å². The van der Waals surface area contributed by atoms with E-state index in [4.69, 9.17) is 9.53 Å². The topological polar surface area (TPSA) is 29.5 Å². The van der Waals surface area contributed by atoms with Gasteiger partial charge in [-0.2, -0.15) is 0 Å². The molecule has 0 heterocycles. The van der Waals surface area contributed by atoms with Crippen molar-refractivity contribution in [3.8, 4) is 11.8 Å². The molecule has 0 atom stereocenters. The summed E-state index contributed by atoms with van der Waals surface area (Å²) in [6, 6.07) is 0. The first-order valence-corrected chi connectivity index (χ1v) is 8.74. The summed E-state index contributed by atoms with van der Waals surface area (Å²) < 4.78 is 6.24. The van der Waals surface area contributed by atoms with Crippen LogP contribution in [0, 0.1) is 11.8 Å². The van der Waals surface area contributed by atoms with Gasteiger partial charge in [-0.15, -0.1) is 0 Å². The van der Waals surface area contributed by atoms with Crippen molar-refractivity contribution in [2.45, 2.75) is 64.6 Å². The second-order valence-corrected chi connectivity index (χ2v) is 10.9. The Bertz CT molecular complexity index is 239. The van der Waals surface area contributed by atoms with Crippen LogP contribution in [0.3, 0.4) is 0 Å². The number of hydrogen-bond donors (Lipinski definition) is 1. The fraction of sp³-hybridized carbons (Fsp3) is 0.857. The van der Waals surface area contributed by atoms with Crippen molar-refractivity contribution in [3.63, 3.8) is 0 Å². The maximum absolute atomic E-state index is 8.66. The van der Waals surface area contributed by atoms with Crippen LogP contribution < -0.4 is 0 Å². The zero-order valence-corrected chi connectivity index (χ0v) is 13.2. The Balaban J connectivity index is 4.67. The molecule has 1 N–H and O–H groups in total. The van der Waals surface area contributed by atoms with Crippen molar-refractivity contribution in [1.82, 2.24) is 0 Å². The van der Waals surface area contributed by atoms with Gasteiger partial charge in [0.1, 0.15) is 0 Å². The molecule has 0 radical (unpaired) electrons. The molecule has 0 rings (SSSR count). The van der Waals surface area contributed by atoms with Gasteiger partial charge in [0.05, 0.1) is 13.2 Å². The first kappa shape index (κ1) is 16.7. The van der Waals surface area contributed by atoms with Crippen LogP contribution >= 0.6 is 0 Å². The van der Waals surface area contributed by atoms with E-state index in [0.29, 0.717) is 29.7 Å². The standard InChI is InChI=1S/C14H28O2Si/c1-12(2)17(13(3)4,14(5)6)16-11-9-7-8-10-15/h12-15H,8,10-11H2,1-6H3. The van der Waals surface area contributed by atoms with Crippen LogP contribution in [0.15, 0.2) is 0 Å². The average Bonchev–Trinajstić information content (AvgIpc) is 2.21. The molecule has 0 unspecified atom stereocenters. The highest BCUT2D eigenvalue weighted by molar-refractivity contribution is 6.77. The number of aliphatic hydroxyl groups is 1. The van der Waals surface area contributed by atoms with Crippen LogP contribution in [-0.2, 0) is 4.43 Å². The summed E-state index contributed by atoms with van der Waals surface area (Å²) in [5.41, 5.74) is 1.80. The molecule has 0 aromatic rings. The summed E-state index contributed by atoms with van der Waals surface area (Å²) in [7, 11) is -1.75. The highest BCUT2D eigenvalue weighted by atomic mass is 28.4. The summed E-state index contributed by atoms with van der Waals surface area (Å²) in [6.07, 6.45) is 0.545. The Kier molecular flexibility index (Phi) is 7.77. The highest BCUT2D eigenvalue weighted by Crippen LogP contribution is 2.41. The molecule has 0 spiro atoms. The van der Waals surface area contributed by atoms with Crippen molar-refractivity contribution in [2.75, 3.05) is 13.2 Å². The molecule has 0 aliphatic rings. The molecule has 0 amide bonds. The van der Waals surface area contributed by atoms with Crippen LogP contribution in [0.4, 0.5) is 0 Å². The van der Waals surface area contributed by atoms with E-state index in [2.05, 4.69) is 53.4 Å². The van der Waals surface area contributed by atoms with Gasteiger partial charge in [-0.25, -0.2) is 0 Å². The van der Waals surface area contributed by atoms with Gasteiger partial charge in [-0.05, 0) is 16.6 Å². The fourth-order valence-electron chi connectivity index (χ4n) is 2.86. The predicted octanol–water partition coefficient (Wildman–Crippen LogP) is 3.56. The van der Waals surface area contributed by atoms with Gasteiger partial charge in [0, 0.05) is 6.42 Å². The van der Waals surface area contributed by atoms with Crippen LogP contribution in [0.2, 0.25) is 16.6 Å². The second-order valence-electron chi connectivity index (χ2n) is 5.43. The molecule has 0 aliphatic carbocycles. The zero-order valence-electron chi connectivity index (χ0n) is 12.2. The molecule has 3 heteroatoms. The van der Waals surface area contributed by atoms with E-state index in [9.17, 15) is 0 Å². The largest absolute Gasteiger partial charge is 0.405 e. The van der Waals surface area contributed by atoms with Crippen LogP contribution in [0.5, 0.6) is 0 Å². The van der Waals surface area contributed by atoms with Crippen molar-refractivity contribution in [3.05, 3.63) is 0 Å². The molecular weight excluding hydrogens is 228 g/mol. The quantitative estimate of drug-likeness (QED) is 0.581. The Hall–Kier alpha value is -0.303. The molecule has 0 fully saturated rings. The minimum atomic E-state index is -1.75. The molecule has 17 heavy (non-hydrogen) atoms. The second kappa shape index (κ2) is 7.92. The predicted molar refractivity (Wildman–Crippen MR) is 76.5 cm³/mol. The monoisotopic (exact) mass is 256 g/mol. The van der Waals surface area contributed by atoms with Crippen molar-refractivity contribution in [1.29, 1.82) is 0 Å². The van der Waals surface area contributed by atoms with Gasteiger partial charge in [-0.1, -0.05) is 53.4 Å². The van der Waals surface area contributed by atoms with E-state index in [-0.39, 0.29) is 6.61 Å². The fourth-order valence-corrected chi connectivity index (χ4v) is 8.18. The van der Waals surface area contributed by atoms with E-state index in [1.54, 1.807) is 0 Å². The van der Waals surface area contributed by atoms with Crippen LogP contribution in [0.1, 0.15) is 48.0 Å². The summed E-state index contributed by atoms with van der Waals surface area (Å²) >= 11 is 0. The van der Waals surface area contributed by atoms with Crippen LogP contribution in [0.25, 0.3) is 0 Å². The lowest BCUT2D eigenvalue weighted by atomic mass is 10.4. The normalized spacial score (nSPS) is 12.1. The Labute approximate surface area is 108 Å². The molecule has 0 bridgehead atoms. The third-order valence-electron chi connectivity index (χ3n) is 3.46. The summed E-state index contributed by atoms with van der Waals surface area (Å²) in [6.45, 7) is 14.3. The first-order valence-electron chi connectivity index (χ1n) is 6.60. The van der Waals surface area contributed by atoms with E-state index in [0.717, 1.165) is 0 Å². The molecule has 100 valence electrons. The molecule has 0 aromatic heterocycles. The summed E-state index contributed by atoms with van der Waals surface area (Å²) in [4.78, 5) is 0. The van der Waals surface area contributed by atoms with E-state index in [1.807, 2.05) is 0 Å². The van der Waals surface area contributed by atoms with Crippen molar-refractivity contribution >= 4 is 8.32 Å². The first-order chi connectivity index (χ1) is 7.89. The highest BCUT2D eigenvalue weighted by Gasteiger charge is 2.44. The lowest BCUT2D eigenvalue weighted by molar-refractivity contribution is 0.304. The molecule has 0 aromatic carbocycles. The molecule has 0 saturated carbocycles. The third kappa shape index (κ3) is 4.46. The van der Waals surface area contributed by atoms with Gasteiger partial charge in [0.15, 0.2) is 0 Å².